The van der Waals surface area contributed by atoms with Gasteiger partial charge in [-0.3, -0.25) is 9.89 Å². The maximum absolute atomic E-state index is 13.0. The molecule has 1 aromatic heterocycles. The Labute approximate surface area is 185 Å². The van der Waals surface area contributed by atoms with Gasteiger partial charge < -0.3 is 19.7 Å². The van der Waals surface area contributed by atoms with Gasteiger partial charge in [0.2, 0.25) is 5.88 Å². The van der Waals surface area contributed by atoms with E-state index >= 15 is 0 Å². The molecule has 0 aromatic carbocycles. The van der Waals surface area contributed by atoms with E-state index < -0.39 is 17.6 Å². The summed E-state index contributed by atoms with van der Waals surface area (Å²) in [6.07, 6.45) is -2.15. The summed E-state index contributed by atoms with van der Waals surface area (Å²) in [5, 5.41) is 3.16. The highest BCUT2D eigenvalue weighted by Gasteiger charge is 2.35. The summed E-state index contributed by atoms with van der Waals surface area (Å²) < 4.78 is 49.5. The standard InChI is InChI=1S/C18H26F3N5O2.HI/c1-22-17(26-7-4-14(13-26)25-8-11-27-12-9-25)24-6-10-28-16-15(18(19,20)21)3-2-5-23-16;/h2-3,5,14H,4,6-13H2,1H3,(H,22,24);1H. The number of aliphatic imine (C=N–C) groups is 1. The lowest BCUT2D eigenvalue weighted by Gasteiger charge is -2.32. The zero-order chi connectivity index (χ0) is 20.0. The van der Waals surface area contributed by atoms with Crippen molar-refractivity contribution in [3.05, 3.63) is 23.9 Å². The summed E-state index contributed by atoms with van der Waals surface area (Å²) in [4.78, 5) is 12.6. The number of hydrogen-bond acceptors (Lipinski definition) is 5. The number of morpholine rings is 1. The smallest absolute Gasteiger partial charge is 0.421 e. The van der Waals surface area contributed by atoms with Gasteiger partial charge in [0.15, 0.2) is 5.96 Å². The molecule has 1 aromatic rings. The molecule has 0 bridgehead atoms. The fourth-order valence-electron chi connectivity index (χ4n) is 3.54. The van der Waals surface area contributed by atoms with Crippen LogP contribution in [0.1, 0.15) is 12.0 Å². The average Bonchev–Trinajstić information content (AvgIpc) is 3.18. The predicted molar refractivity (Wildman–Crippen MR) is 114 cm³/mol. The SMILES string of the molecule is CN=C(NCCOc1ncccc1C(F)(F)F)N1CCC(N2CCOCC2)C1.I. The molecule has 0 spiro atoms. The number of nitrogens with one attached hydrogen (secondary N) is 1. The van der Waals surface area contributed by atoms with Gasteiger partial charge in [0.05, 0.1) is 19.8 Å². The number of pyridine rings is 1. The zero-order valence-corrected chi connectivity index (χ0v) is 18.7. The number of alkyl halides is 3. The van der Waals surface area contributed by atoms with Crippen LogP contribution in [0.3, 0.4) is 0 Å². The number of nitrogens with zero attached hydrogens (tertiary/aromatic N) is 4. The lowest BCUT2D eigenvalue weighted by atomic mass is 10.2. The first-order valence-electron chi connectivity index (χ1n) is 9.41. The number of rotatable bonds is 5. The van der Waals surface area contributed by atoms with E-state index in [1.54, 1.807) is 7.05 Å². The summed E-state index contributed by atoms with van der Waals surface area (Å²) in [5.74, 6) is 0.330. The van der Waals surface area contributed by atoms with Crippen LogP contribution in [-0.4, -0.2) is 86.4 Å². The van der Waals surface area contributed by atoms with Gasteiger partial charge in [0, 0.05) is 45.5 Å². The van der Waals surface area contributed by atoms with Crippen molar-refractivity contribution in [1.82, 2.24) is 20.1 Å². The normalized spacial score (nSPS) is 21.0. The third-order valence-electron chi connectivity index (χ3n) is 4.94. The minimum atomic E-state index is -4.49. The van der Waals surface area contributed by atoms with Gasteiger partial charge in [-0.05, 0) is 18.6 Å². The maximum atomic E-state index is 13.0. The van der Waals surface area contributed by atoms with Crippen molar-refractivity contribution in [3.8, 4) is 5.88 Å². The number of hydrogen-bond donors (Lipinski definition) is 1. The molecule has 29 heavy (non-hydrogen) atoms. The Morgan fingerprint density at radius 3 is 2.79 bits per heavy atom. The van der Waals surface area contributed by atoms with Crippen LogP contribution in [-0.2, 0) is 10.9 Å². The minimum absolute atomic E-state index is 0. The summed E-state index contributed by atoms with van der Waals surface area (Å²) in [7, 11) is 1.70. The second kappa shape index (κ2) is 11.2. The molecule has 1 N–H and O–H groups in total. The highest BCUT2D eigenvalue weighted by Crippen LogP contribution is 2.34. The van der Waals surface area contributed by atoms with Crippen LogP contribution in [0.5, 0.6) is 5.88 Å². The molecule has 0 aliphatic carbocycles. The number of guanidine groups is 1. The molecule has 3 heterocycles. The highest BCUT2D eigenvalue weighted by molar-refractivity contribution is 14.0. The summed E-state index contributed by atoms with van der Waals surface area (Å²) >= 11 is 0. The molecule has 2 saturated heterocycles. The third-order valence-corrected chi connectivity index (χ3v) is 4.94. The van der Waals surface area contributed by atoms with E-state index in [0.717, 1.165) is 57.8 Å². The molecule has 2 fully saturated rings. The van der Waals surface area contributed by atoms with Crippen molar-refractivity contribution < 1.29 is 22.6 Å². The molecular formula is C18H27F3IN5O2. The van der Waals surface area contributed by atoms with Crippen LogP contribution >= 0.6 is 24.0 Å². The molecule has 1 unspecified atom stereocenters. The first kappa shape index (κ1) is 23.9. The van der Waals surface area contributed by atoms with Crippen LogP contribution in [0, 0.1) is 0 Å². The van der Waals surface area contributed by atoms with Gasteiger partial charge >= 0.3 is 6.18 Å². The lowest BCUT2D eigenvalue weighted by Crippen LogP contribution is -2.47. The van der Waals surface area contributed by atoms with E-state index in [9.17, 15) is 13.2 Å². The Morgan fingerprint density at radius 2 is 2.10 bits per heavy atom. The van der Waals surface area contributed by atoms with E-state index in [2.05, 4.69) is 25.1 Å². The second-order valence-corrected chi connectivity index (χ2v) is 6.71. The lowest BCUT2D eigenvalue weighted by molar-refractivity contribution is -0.139. The molecule has 2 aliphatic rings. The zero-order valence-electron chi connectivity index (χ0n) is 16.3. The molecule has 7 nitrogen and oxygen atoms in total. The highest BCUT2D eigenvalue weighted by atomic mass is 127. The number of aromatic nitrogens is 1. The van der Waals surface area contributed by atoms with Crippen LogP contribution in [0.4, 0.5) is 13.2 Å². The summed E-state index contributed by atoms with van der Waals surface area (Å²) in [6, 6.07) is 2.68. The van der Waals surface area contributed by atoms with E-state index in [-0.39, 0.29) is 30.6 Å². The van der Waals surface area contributed by atoms with Gasteiger partial charge in [0.1, 0.15) is 12.2 Å². The monoisotopic (exact) mass is 529 g/mol. The van der Waals surface area contributed by atoms with Gasteiger partial charge in [-0.15, -0.1) is 24.0 Å². The maximum Gasteiger partial charge on any atom is 0.421 e. The van der Waals surface area contributed by atoms with Crippen LogP contribution in [0.2, 0.25) is 0 Å². The van der Waals surface area contributed by atoms with Crippen molar-refractivity contribution in [1.29, 1.82) is 0 Å². The van der Waals surface area contributed by atoms with Gasteiger partial charge in [-0.1, -0.05) is 0 Å². The molecule has 164 valence electrons. The van der Waals surface area contributed by atoms with Crippen molar-refractivity contribution in [3.63, 3.8) is 0 Å². The number of ether oxygens (including phenoxy) is 2. The average molecular weight is 529 g/mol. The number of halogens is 4. The quantitative estimate of drug-likeness (QED) is 0.273. The van der Waals surface area contributed by atoms with E-state index in [0.29, 0.717) is 12.6 Å². The Hall–Kier alpha value is -1.34. The molecule has 1 atom stereocenters. The van der Waals surface area contributed by atoms with Crippen LogP contribution in [0.25, 0.3) is 0 Å². The summed E-state index contributed by atoms with van der Waals surface area (Å²) in [5.41, 5.74) is -0.868. The second-order valence-electron chi connectivity index (χ2n) is 6.71. The molecule has 0 amide bonds. The Balaban J connectivity index is 0.00000300. The van der Waals surface area contributed by atoms with Crippen molar-refractivity contribution in [2.45, 2.75) is 18.6 Å². The third kappa shape index (κ3) is 6.57. The molecule has 0 saturated carbocycles. The van der Waals surface area contributed by atoms with E-state index in [1.807, 2.05) is 0 Å². The molecule has 2 aliphatic heterocycles. The topological polar surface area (TPSA) is 62.2 Å². The first-order valence-corrected chi connectivity index (χ1v) is 9.41. The largest absolute Gasteiger partial charge is 0.475 e. The van der Waals surface area contributed by atoms with Crippen molar-refractivity contribution in [2.24, 2.45) is 4.99 Å². The fraction of sp³-hybridized carbons (Fsp3) is 0.667. The van der Waals surface area contributed by atoms with E-state index in [4.69, 9.17) is 9.47 Å². The van der Waals surface area contributed by atoms with Gasteiger partial charge in [-0.25, -0.2) is 4.98 Å². The van der Waals surface area contributed by atoms with Crippen molar-refractivity contribution >= 4 is 29.9 Å². The van der Waals surface area contributed by atoms with Crippen LogP contribution < -0.4 is 10.1 Å². The first-order chi connectivity index (χ1) is 13.5. The van der Waals surface area contributed by atoms with Gasteiger partial charge in [0.25, 0.3) is 0 Å². The molecule has 0 radical (unpaired) electrons. The summed E-state index contributed by atoms with van der Waals surface area (Å²) in [6.45, 7) is 5.59. The molecule has 3 rings (SSSR count). The van der Waals surface area contributed by atoms with E-state index in [1.165, 1.54) is 12.3 Å². The van der Waals surface area contributed by atoms with Gasteiger partial charge in [-0.2, -0.15) is 13.2 Å². The Bertz CT molecular complexity index is 671. The predicted octanol–water partition coefficient (Wildman–Crippen LogP) is 2.08. The Kier molecular flexibility index (Phi) is 9.21. The minimum Gasteiger partial charge on any atom is -0.475 e. The van der Waals surface area contributed by atoms with Crippen LogP contribution in [0.15, 0.2) is 23.3 Å². The number of likely N-dealkylation sites (tertiary alicyclic amines) is 1. The molecule has 11 heteroatoms. The van der Waals surface area contributed by atoms with Crippen molar-refractivity contribution in [2.75, 3.05) is 59.6 Å². The fourth-order valence-corrected chi connectivity index (χ4v) is 3.54. The molecular weight excluding hydrogens is 502 g/mol. The Morgan fingerprint density at radius 1 is 1.34 bits per heavy atom.